The van der Waals surface area contributed by atoms with E-state index in [1.807, 2.05) is 41.9 Å². The van der Waals surface area contributed by atoms with Gasteiger partial charge in [-0.1, -0.05) is 36.8 Å². The topological polar surface area (TPSA) is 38.0 Å². The zero-order valence-electron chi connectivity index (χ0n) is 10.3. The lowest BCUT2D eigenvalue weighted by Gasteiger charge is -2.13. The van der Waals surface area contributed by atoms with Crippen LogP contribution in [0.5, 0.6) is 0 Å². The first kappa shape index (κ1) is 11.9. The van der Waals surface area contributed by atoms with Crippen LogP contribution in [0.2, 0.25) is 0 Å². The Bertz CT molecular complexity index is 473. The molecule has 17 heavy (non-hydrogen) atoms. The first-order valence-corrected chi connectivity index (χ1v) is 5.98. The van der Waals surface area contributed by atoms with Gasteiger partial charge in [-0.2, -0.15) is 5.10 Å². The zero-order chi connectivity index (χ0) is 12.3. The summed E-state index contributed by atoms with van der Waals surface area (Å²) in [6, 6.07) is 9.82. The van der Waals surface area contributed by atoms with Crippen LogP contribution in [-0.4, -0.2) is 14.9 Å². The van der Waals surface area contributed by atoms with Crippen molar-refractivity contribution in [1.29, 1.82) is 0 Å². The molecule has 90 valence electrons. The highest BCUT2D eigenvalue weighted by molar-refractivity contribution is 5.28. The minimum atomic E-state index is -0.593. The number of rotatable bonds is 4. The van der Waals surface area contributed by atoms with Gasteiger partial charge in [0.15, 0.2) is 0 Å². The summed E-state index contributed by atoms with van der Waals surface area (Å²) >= 11 is 0. The standard InChI is InChI=1S/C14H18N2O/c1-3-10-16-13(8-9-15-16)14(17)12-6-4-11(2)5-7-12/h4-9,14,17H,3,10H2,1-2H3. The molecular formula is C14H18N2O. The van der Waals surface area contributed by atoms with Crippen LogP contribution in [0.15, 0.2) is 36.5 Å². The zero-order valence-corrected chi connectivity index (χ0v) is 10.3. The van der Waals surface area contributed by atoms with E-state index in [0.717, 1.165) is 24.2 Å². The van der Waals surface area contributed by atoms with Gasteiger partial charge in [0, 0.05) is 12.7 Å². The van der Waals surface area contributed by atoms with Crippen molar-refractivity contribution in [2.45, 2.75) is 32.9 Å². The van der Waals surface area contributed by atoms with Crippen molar-refractivity contribution in [3.63, 3.8) is 0 Å². The number of aliphatic hydroxyl groups is 1. The SMILES string of the molecule is CCCn1nccc1C(O)c1ccc(C)cc1. The number of hydrogen-bond acceptors (Lipinski definition) is 2. The summed E-state index contributed by atoms with van der Waals surface area (Å²) in [5, 5.41) is 14.5. The molecule has 0 aliphatic rings. The normalized spacial score (nSPS) is 12.6. The van der Waals surface area contributed by atoms with Crippen molar-refractivity contribution in [3.8, 4) is 0 Å². The number of nitrogens with zero attached hydrogens (tertiary/aromatic N) is 2. The van der Waals surface area contributed by atoms with Crippen molar-refractivity contribution in [2.24, 2.45) is 0 Å². The monoisotopic (exact) mass is 230 g/mol. The summed E-state index contributed by atoms with van der Waals surface area (Å²) in [5.74, 6) is 0. The molecule has 0 fully saturated rings. The lowest BCUT2D eigenvalue weighted by molar-refractivity contribution is 0.207. The Hall–Kier alpha value is -1.61. The fourth-order valence-corrected chi connectivity index (χ4v) is 1.89. The Kier molecular flexibility index (Phi) is 3.59. The Balaban J connectivity index is 2.26. The maximum Gasteiger partial charge on any atom is 0.121 e. The van der Waals surface area contributed by atoms with Crippen molar-refractivity contribution >= 4 is 0 Å². The maximum atomic E-state index is 10.3. The third-order valence-electron chi connectivity index (χ3n) is 2.86. The Morgan fingerprint density at radius 1 is 1.24 bits per heavy atom. The first-order chi connectivity index (χ1) is 8.22. The Morgan fingerprint density at radius 3 is 2.59 bits per heavy atom. The summed E-state index contributed by atoms with van der Waals surface area (Å²) in [5.41, 5.74) is 2.96. The summed E-state index contributed by atoms with van der Waals surface area (Å²) in [4.78, 5) is 0. The van der Waals surface area contributed by atoms with Crippen LogP contribution in [0.1, 0.15) is 36.3 Å². The second kappa shape index (κ2) is 5.15. The average molecular weight is 230 g/mol. The van der Waals surface area contributed by atoms with Gasteiger partial charge in [0.1, 0.15) is 6.10 Å². The highest BCUT2D eigenvalue weighted by Gasteiger charge is 2.14. The maximum absolute atomic E-state index is 10.3. The highest BCUT2D eigenvalue weighted by atomic mass is 16.3. The molecule has 0 radical (unpaired) electrons. The van der Waals surface area contributed by atoms with Gasteiger partial charge in [0.25, 0.3) is 0 Å². The predicted octanol–water partition coefficient (Wildman–Crippen LogP) is 2.68. The fraction of sp³-hybridized carbons (Fsp3) is 0.357. The molecule has 1 N–H and O–H groups in total. The van der Waals surface area contributed by atoms with Crippen molar-refractivity contribution in [3.05, 3.63) is 53.3 Å². The van der Waals surface area contributed by atoms with Crippen LogP contribution in [0.25, 0.3) is 0 Å². The Labute approximate surface area is 102 Å². The second-order valence-corrected chi connectivity index (χ2v) is 4.29. The summed E-state index contributed by atoms with van der Waals surface area (Å²) < 4.78 is 1.87. The van der Waals surface area contributed by atoms with Gasteiger partial charge in [-0.3, -0.25) is 4.68 Å². The van der Waals surface area contributed by atoms with Crippen molar-refractivity contribution in [2.75, 3.05) is 0 Å². The third kappa shape index (κ3) is 2.56. The van der Waals surface area contributed by atoms with Gasteiger partial charge in [0.05, 0.1) is 5.69 Å². The Morgan fingerprint density at radius 2 is 1.94 bits per heavy atom. The van der Waals surface area contributed by atoms with Gasteiger partial charge < -0.3 is 5.11 Å². The van der Waals surface area contributed by atoms with Crippen LogP contribution in [-0.2, 0) is 6.54 Å². The van der Waals surface area contributed by atoms with Gasteiger partial charge in [0.2, 0.25) is 0 Å². The molecule has 1 aromatic carbocycles. The molecule has 2 rings (SSSR count). The molecule has 0 aliphatic heterocycles. The summed E-state index contributed by atoms with van der Waals surface area (Å²) in [6.45, 7) is 4.98. The number of aliphatic hydroxyl groups excluding tert-OH is 1. The molecule has 2 aromatic rings. The molecule has 0 saturated carbocycles. The number of aromatic nitrogens is 2. The molecular weight excluding hydrogens is 212 g/mol. The highest BCUT2D eigenvalue weighted by Crippen LogP contribution is 2.21. The molecule has 0 spiro atoms. The van der Waals surface area contributed by atoms with E-state index < -0.39 is 6.10 Å². The minimum absolute atomic E-state index is 0.593. The number of benzene rings is 1. The van der Waals surface area contributed by atoms with E-state index in [1.54, 1.807) is 6.20 Å². The van der Waals surface area contributed by atoms with Crippen LogP contribution in [0.3, 0.4) is 0 Å². The number of hydrogen-bond donors (Lipinski definition) is 1. The molecule has 1 heterocycles. The van der Waals surface area contributed by atoms with Crippen LogP contribution >= 0.6 is 0 Å². The number of aryl methyl sites for hydroxylation is 2. The predicted molar refractivity (Wildman–Crippen MR) is 67.8 cm³/mol. The van der Waals surface area contributed by atoms with E-state index in [9.17, 15) is 5.11 Å². The van der Waals surface area contributed by atoms with Gasteiger partial charge in [-0.15, -0.1) is 0 Å². The van der Waals surface area contributed by atoms with E-state index in [2.05, 4.69) is 12.0 Å². The first-order valence-electron chi connectivity index (χ1n) is 5.98. The van der Waals surface area contributed by atoms with Gasteiger partial charge in [-0.05, 0) is 25.0 Å². The average Bonchev–Trinajstić information content (AvgIpc) is 2.78. The van der Waals surface area contributed by atoms with Gasteiger partial charge in [-0.25, -0.2) is 0 Å². The molecule has 0 amide bonds. The fourth-order valence-electron chi connectivity index (χ4n) is 1.89. The molecule has 3 nitrogen and oxygen atoms in total. The molecule has 0 aliphatic carbocycles. The minimum Gasteiger partial charge on any atom is -0.382 e. The van der Waals surface area contributed by atoms with Crippen molar-refractivity contribution in [1.82, 2.24) is 9.78 Å². The lowest BCUT2D eigenvalue weighted by atomic mass is 10.1. The third-order valence-corrected chi connectivity index (χ3v) is 2.86. The van der Waals surface area contributed by atoms with Crippen LogP contribution < -0.4 is 0 Å². The summed E-state index contributed by atoms with van der Waals surface area (Å²) in [6.07, 6.45) is 2.15. The molecule has 1 atom stereocenters. The second-order valence-electron chi connectivity index (χ2n) is 4.29. The van der Waals surface area contributed by atoms with E-state index in [1.165, 1.54) is 5.56 Å². The molecule has 0 saturated heterocycles. The van der Waals surface area contributed by atoms with Crippen molar-refractivity contribution < 1.29 is 5.11 Å². The smallest absolute Gasteiger partial charge is 0.121 e. The van der Waals surface area contributed by atoms with E-state index in [-0.39, 0.29) is 0 Å². The lowest BCUT2D eigenvalue weighted by Crippen LogP contribution is -2.10. The molecule has 1 unspecified atom stereocenters. The van der Waals surface area contributed by atoms with E-state index in [4.69, 9.17) is 0 Å². The van der Waals surface area contributed by atoms with E-state index in [0.29, 0.717) is 0 Å². The van der Waals surface area contributed by atoms with Crippen LogP contribution in [0, 0.1) is 6.92 Å². The quantitative estimate of drug-likeness (QED) is 0.877. The van der Waals surface area contributed by atoms with Crippen LogP contribution in [0.4, 0.5) is 0 Å². The molecule has 0 bridgehead atoms. The molecule has 3 heteroatoms. The summed E-state index contributed by atoms with van der Waals surface area (Å²) in [7, 11) is 0. The van der Waals surface area contributed by atoms with E-state index >= 15 is 0 Å². The van der Waals surface area contributed by atoms with Gasteiger partial charge >= 0.3 is 0 Å². The molecule has 1 aromatic heterocycles. The largest absolute Gasteiger partial charge is 0.382 e.